The summed E-state index contributed by atoms with van der Waals surface area (Å²) < 4.78 is 20.8. The molecule has 90 valence electrons. The van der Waals surface area contributed by atoms with Gasteiger partial charge in [-0.15, -0.1) is 0 Å². The van der Waals surface area contributed by atoms with E-state index >= 15 is 0 Å². The lowest BCUT2D eigenvalue weighted by Crippen LogP contribution is -2.19. The van der Waals surface area contributed by atoms with Gasteiger partial charge in [0.1, 0.15) is 22.3 Å². The highest BCUT2D eigenvalue weighted by Gasteiger charge is 2.18. The fourth-order valence-electron chi connectivity index (χ4n) is 1.21. The first-order valence-corrected chi connectivity index (χ1v) is 6.38. The molecule has 0 saturated heterocycles. The molecule has 0 spiro atoms. The lowest BCUT2D eigenvalue weighted by Gasteiger charge is -2.12. The third-order valence-corrected chi connectivity index (χ3v) is 3.45. The lowest BCUT2D eigenvalue weighted by molar-refractivity contribution is 0.607. The number of pyridine rings is 1. The smallest absolute Gasteiger partial charge is 0.153 e. The highest BCUT2D eigenvalue weighted by molar-refractivity contribution is 7.85. The van der Waals surface area contributed by atoms with E-state index in [2.05, 4.69) is 9.38 Å². The van der Waals surface area contributed by atoms with Crippen LogP contribution in [0.4, 0.5) is 0 Å². The molecule has 0 amide bonds. The van der Waals surface area contributed by atoms with Gasteiger partial charge in [0.05, 0.1) is 11.0 Å². The summed E-state index contributed by atoms with van der Waals surface area (Å²) in [6.07, 6.45) is 3.19. The average Bonchev–Trinajstić information content (AvgIpc) is 2.66. The van der Waals surface area contributed by atoms with Crippen molar-refractivity contribution in [2.75, 3.05) is 0 Å². The second-order valence-corrected chi connectivity index (χ2v) is 6.57. The van der Waals surface area contributed by atoms with Crippen molar-refractivity contribution in [3.63, 3.8) is 0 Å². The zero-order valence-corrected chi connectivity index (χ0v) is 10.8. The Labute approximate surface area is 102 Å². The van der Waals surface area contributed by atoms with Crippen molar-refractivity contribution in [1.29, 1.82) is 0 Å². The SMILES string of the molecule is CC(C)(C)S(=O)N=Cc1cc2ncccc2o1. The molecule has 2 aromatic heterocycles. The average molecular weight is 250 g/mol. The van der Waals surface area contributed by atoms with Gasteiger partial charge in [-0.25, -0.2) is 4.21 Å². The molecule has 2 heterocycles. The van der Waals surface area contributed by atoms with Crippen LogP contribution in [0.5, 0.6) is 0 Å². The molecule has 0 saturated carbocycles. The molecule has 2 rings (SSSR count). The number of hydrogen-bond donors (Lipinski definition) is 0. The van der Waals surface area contributed by atoms with Crippen molar-refractivity contribution in [2.24, 2.45) is 4.40 Å². The van der Waals surface area contributed by atoms with Crippen LogP contribution in [-0.4, -0.2) is 20.2 Å². The maximum Gasteiger partial charge on any atom is 0.153 e. The number of aromatic nitrogens is 1. The van der Waals surface area contributed by atoms with Gasteiger partial charge in [-0.05, 0) is 32.9 Å². The molecular weight excluding hydrogens is 236 g/mol. The molecule has 0 radical (unpaired) electrons. The molecule has 5 heteroatoms. The number of furan rings is 1. The van der Waals surface area contributed by atoms with Gasteiger partial charge in [0.15, 0.2) is 5.58 Å². The van der Waals surface area contributed by atoms with E-state index in [0.717, 1.165) is 5.52 Å². The lowest BCUT2D eigenvalue weighted by atomic mass is 10.3. The van der Waals surface area contributed by atoms with Gasteiger partial charge in [0.2, 0.25) is 0 Å². The van der Waals surface area contributed by atoms with Gasteiger partial charge in [0.25, 0.3) is 0 Å². The predicted octanol–water partition coefficient (Wildman–Crippen LogP) is 2.71. The number of fused-ring (bicyclic) bond motifs is 1. The third-order valence-electron chi connectivity index (χ3n) is 2.11. The minimum absolute atomic E-state index is 0.360. The van der Waals surface area contributed by atoms with Gasteiger partial charge in [0, 0.05) is 12.3 Å². The summed E-state index contributed by atoms with van der Waals surface area (Å²) in [7, 11) is -1.27. The van der Waals surface area contributed by atoms with Crippen LogP contribution in [0, 0.1) is 0 Å². The quantitative estimate of drug-likeness (QED) is 0.770. The van der Waals surface area contributed by atoms with Crippen molar-refractivity contribution in [2.45, 2.75) is 25.5 Å². The molecular formula is C12H14N2O2S. The van der Waals surface area contributed by atoms with Gasteiger partial charge < -0.3 is 4.42 Å². The molecule has 2 aromatic rings. The van der Waals surface area contributed by atoms with Gasteiger partial charge >= 0.3 is 0 Å². The summed E-state index contributed by atoms with van der Waals surface area (Å²) >= 11 is 0. The van der Waals surface area contributed by atoms with Crippen LogP contribution in [0.3, 0.4) is 0 Å². The van der Waals surface area contributed by atoms with E-state index in [9.17, 15) is 4.21 Å². The maximum absolute atomic E-state index is 11.7. The summed E-state index contributed by atoms with van der Waals surface area (Å²) in [5.74, 6) is 0.566. The molecule has 1 unspecified atom stereocenters. The van der Waals surface area contributed by atoms with E-state index in [-0.39, 0.29) is 4.75 Å². The van der Waals surface area contributed by atoms with E-state index in [1.807, 2.05) is 26.8 Å². The number of nitrogens with zero attached hydrogens (tertiary/aromatic N) is 2. The summed E-state index contributed by atoms with van der Waals surface area (Å²) in [5.41, 5.74) is 1.48. The monoisotopic (exact) mass is 250 g/mol. The second-order valence-electron chi connectivity index (χ2n) is 4.63. The Morgan fingerprint density at radius 2 is 2.24 bits per heavy atom. The zero-order valence-electron chi connectivity index (χ0n) is 10.0. The Balaban J connectivity index is 2.24. The van der Waals surface area contributed by atoms with E-state index in [1.54, 1.807) is 18.3 Å². The molecule has 0 aliphatic rings. The third kappa shape index (κ3) is 2.79. The number of hydrogen-bond acceptors (Lipinski definition) is 3. The van der Waals surface area contributed by atoms with Crippen LogP contribution >= 0.6 is 0 Å². The second kappa shape index (κ2) is 4.41. The minimum Gasteiger partial charge on any atom is -0.453 e. The minimum atomic E-state index is -1.27. The van der Waals surface area contributed by atoms with Gasteiger partial charge in [-0.2, -0.15) is 4.40 Å². The van der Waals surface area contributed by atoms with Crippen molar-refractivity contribution < 1.29 is 8.63 Å². The Kier molecular flexibility index (Phi) is 3.11. The van der Waals surface area contributed by atoms with E-state index < -0.39 is 11.0 Å². The Morgan fingerprint density at radius 1 is 1.47 bits per heavy atom. The van der Waals surface area contributed by atoms with Crippen molar-refractivity contribution in [3.05, 3.63) is 30.2 Å². The molecule has 1 atom stereocenters. The first-order valence-electron chi connectivity index (χ1n) is 5.27. The van der Waals surface area contributed by atoms with E-state index in [4.69, 9.17) is 4.42 Å². The van der Waals surface area contributed by atoms with Crippen molar-refractivity contribution in [3.8, 4) is 0 Å². The van der Waals surface area contributed by atoms with Gasteiger partial charge in [-0.3, -0.25) is 4.98 Å². The summed E-state index contributed by atoms with van der Waals surface area (Å²) in [4.78, 5) is 4.15. The topological polar surface area (TPSA) is 55.5 Å². The standard InChI is InChI=1S/C12H14N2O2S/c1-12(2,3)17(15)14-8-9-7-10-11(16-9)5-4-6-13-10/h4-8H,1-3H3. The van der Waals surface area contributed by atoms with Crippen LogP contribution in [0.2, 0.25) is 0 Å². The Morgan fingerprint density at radius 3 is 2.88 bits per heavy atom. The first kappa shape index (κ1) is 12.0. The molecule has 0 bridgehead atoms. The maximum atomic E-state index is 11.7. The highest BCUT2D eigenvalue weighted by Crippen LogP contribution is 2.16. The summed E-state index contributed by atoms with van der Waals surface area (Å²) in [5, 5.41) is 0. The van der Waals surface area contributed by atoms with Crippen LogP contribution in [0.15, 0.2) is 33.2 Å². The van der Waals surface area contributed by atoms with E-state index in [0.29, 0.717) is 11.3 Å². The molecule has 0 fully saturated rings. The largest absolute Gasteiger partial charge is 0.453 e. The normalized spacial score (nSPS) is 14.5. The van der Waals surface area contributed by atoms with Crippen LogP contribution in [0.25, 0.3) is 11.1 Å². The van der Waals surface area contributed by atoms with Crippen LogP contribution in [0.1, 0.15) is 26.5 Å². The zero-order chi connectivity index (χ0) is 12.5. The molecule has 0 aromatic carbocycles. The summed E-state index contributed by atoms with van der Waals surface area (Å²) in [6, 6.07) is 5.42. The fourth-order valence-corrected chi connectivity index (χ4v) is 1.73. The van der Waals surface area contributed by atoms with Crippen molar-refractivity contribution in [1.82, 2.24) is 4.98 Å². The highest BCUT2D eigenvalue weighted by atomic mass is 32.2. The van der Waals surface area contributed by atoms with Gasteiger partial charge in [-0.1, -0.05) is 0 Å². The molecule has 0 aliphatic carbocycles. The molecule has 0 N–H and O–H groups in total. The molecule has 0 aliphatic heterocycles. The van der Waals surface area contributed by atoms with Crippen molar-refractivity contribution >= 4 is 28.3 Å². The number of rotatable bonds is 2. The van der Waals surface area contributed by atoms with Crippen LogP contribution < -0.4 is 0 Å². The Hall–Kier alpha value is -1.49. The van der Waals surface area contributed by atoms with E-state index in [1.165, 1.54) is 6.21 Å². The Bertz CT molecular complexity index is 548. The first-order chi connectivity index (χ1) is 7.97. The molecule has 17 heavy (non-hydrogen) atoms. The summed E-state index contributed by atoms with van der Waals surface area (Å²) in [6.45, 7) is 5.63. The predicted molar refractivity (Wildman–Crippen MR) is 69.5 cm³/mol. The molecule has 4 nitrogen and oxygen atoms in total. The van der Waals surface area contributed by atoms with Crippen LogP contribution in [-0.2, 0) is 11.0 Å². The fraction of sp³-hybridized carbons (Fsp3) is 0.333.